The predicted octanol–water partition coefficient (Wildman–Crippen LogP) is 3.81. The van der Waals surface area contributed by atoms with Gasteiger partial charge in [-0.2, -0.15) is 0 Å². The maximum Gasteiger partial charge on any atom is 0.227 e. The third kappa shape index (κ3) is 4.28. The Morgan fingerprint density at radius 3 is 2.69 bits per heavy atom. The van der Waals surface area contributed by atoms with Crippen molar-refractivity contribution in [3.8, 4) is 5.75 Å². The fourth-order valence-corrected chi connectivity index (χ4v) is 4.72. The summed E-state index contributed by atoms with van der Waals surface area (Å²) in [6, 6.07) is 15.1. The van der Waals surface area contributed by atoms with E-state index in [4.69, 9.17) is 9.26 Å². The van der Waals surface area contributed by atoms with Crippen LogP contribution in [0.3, 0.4) is 0 Å². The lowest BCUT2D eigenvalue weighted by atomic mass is 9.99. The van der Waals surface area contributed by atoms with Crippen LogP contribution in [-0.4, -0.2) is 40.6 Å². The number of aryl methyl sites for hydroxylation is 2. The van der Waals surface area contributed by atoms with Gasteiger partial charge in [-0.25, -0.2) is 0 Å². The second-order valence-electron chi connectivity index (χ2n) is 8.81. The van der Waals surface area contributed by atoms with Crippen molar-refractivity contribution in [2.45, 2.75) is 46.3 Å². The molecule has 1 aromatic heterocycles. The molecule has 0 spiro atoms. The highest BCUT2D eigenvalue weighted by atomic mass is 16.5. The molecule has 6 heteroatoms. The van der Waals surface area contributed by atoms with E-state index in [1.165, 1.54) is 16.7 Å². The minimum atomic E-state index is 0.0777. The molecule has 2 aromatic carbocycles. The molecular weight excluding hydrogens is 402 g/mol. The highest BCUT2D eigenvalue weighted by molar-refractivity contribution is 5.79. The second-order valence-corrected chi connectivity index (χ2v) is 8.81. The van der Waals surface area contributed by atoms with Gasteiger partial charge in [0.05, 0.1) is 18.7 Å². The lowest BCUT2D eigenvalue weighted by Crippen LogP contribution is -2.33. The number of carbonyl (C=O) groups excluding carboxylic acids is 1. The number of hydrogen-bond donors (Lipinski definition) is 0. The van der Waals surface area contributed by atoms with Crippen LogP contribution in [0.5, 0.6) is 5.75 Å². The highest BCUT2D eigenvalue weighted by Crippen LogP contribution is 2.27. The van der Waals surface area contributed by atoms with Crippen LogP contribution in [0.4, 0.5) is 0 Å². The Kier molecular flexibility index (Phi) is 5.70. The molecule has 2 aliphatic rings. The summed E-state index contributed by atoms with van der Waals surface area (Å²) < 4.78 is 11.2. The van der Waals surface area contributed by atoms with Crippen molar-refractivity contribution < 1.29 is 14.1 Å². The molecule has 0 fully saturated rings. The van der Waals surface area contributed by atoms with Crippen molar-refractivity contribution >= 4 is 5.91 Å². The summed E-state index contributed by atoms with van der Waals surface area (Å²) in [6.07, 6.45) is 1.40. The Bertz CT molecular complexity index is 1120. The van der Waals surface area contributed by atoms with Crippen molar-refractivity contribution in [2.24, 2.45) is 0 Å². The number of hydrogen-bond acceptors (Lipinski definition) is 5. The van der Waals surface area contributed by atoms with Crippen molar-refractivity contribution in [3.63, 3.8) is 0 Å². The zero-order valence-corrected chi connectivity index (χ0v) is 18.8. The number of fused-ring (bicyclic) bond motifs is 2. The van der Waals surface area contributed by atoms with Crippen LogP contribution in [0.25, 0.3) is 0 Å². The SMILES string of the molecule is Cc1noc(C)c1CC(=O)N1CCOc2ccc(CN3CCc4ccccc4C3)cc2C1. The number of nitrogens with zero attached hydrogens (tertiary/aromatic N) is 3. The molecule has 2 aliphatic heterocycles. The molecule has 1 amide bonds. The van der Waals surface area contributed by atoms with E-state index in [1.807, 2.05) is 18.7 Å². The molecule has 0 radical (unpaired) electrons. The van der Waals surface area contributed by atoms with Crippen molar-refractivity contribution in [1.29, 1.82) is 0 Å². The summed E-state index contributed by atoms with van der Waals surface area (Å²) in [5, 5.41) is 3.97. The normalized spacial score (nSPS) is 16.1. The van der Waals surface area contributed by atoms with Crippen molar-refractivity contribution in [2.75, 3.05) is 19.7 Å². The summed E-state index contributed by atoms with van der Waals surface area (Å²) in [7, 11) is 0. The van der Waals surface area contributed by atoms with Gasteiger partial charge in [0.1, 0.15) is 18.1 Å². The Morgan fingerprint density at radius 2 is 1.88 bits per heavy atom. The summed E-state index contributed by atoms with van der Waals surface area (Å²) in [5.74, 6) is 1.67. The van der Waals surface area contributed by atoms with Crippen molar-refractivity contribution in [1.82, 2.24) is 15.0 Å². The highest BCUT2D eigenvalue weighted by Gasteiger charge is 2.23. The van der Waals surface area contributed by atoms with Crippen LogP contribution in [0, 0.1) is 13.8 Å². The van der Waals surface area contributed by atoms with E-state index in [2.05, 4.69) is 52.5 Å². The molecule has 0 saturated heterocycles. The van der Waals surface area contributed by atoms with Gasteiger partial charge >= 0.3 is 0 Å². The van der Waals surface area contributed by atoms with Gasteiger partial charge in [0.15, 0.2) is 0 Å². The first-order chi connectivity index (χ1) is 15.6. The fourth-order valence-electron chi connectivity index (χ4n) is 4.72. The molecule has 0 aliphatic carbocycles. The topological polar surface area (TPSA) is 58.8 Å². The standard InChI is InChI=1S/C26H29N3O3/c1-18-24(19(2)32-27-18)14-26(30)29-11-12-31-25-8-7-20(13-23(25)17-29)15-28-10-9-21-5-3-4-6-22(21)16-28/h3-8,13H,9-12,14-17H2,1-2H3. The molecule has 0 saturated carbocycles. The summed E-state index contributed by atoms with van der Waals surface area (Å²) in [5.41, 5.74) is 6.89. The largest absolute Gasteiger partial charge is 0.491 e. The summed E-state index contributed by atoms with van der Waals surface area (Å²) in [4.78, 5) is 17.4. The maximum atomic E-state index is 13.0. The molecule has 32 heavy (non-hydrogen) atoms. The smallest absolute Gasteiger partial charge is 0.227 e. The van der Waals surface area contributed by atoms with E-state index in [-0.39, 0.29) is 5.91 Å². The van der Waals surface area contributed by atoms with Gasteiger partial charge < -0.3 is 14.2 Å². The molecular formula is C26H29N3O3. The lowest BCUT2D eigenvalue weighted by Gasteiger charge is -2.29. The Balaban J connectivity index is 1.29. The number of aromatic nitrogens is 1. The van der Waals surface area contributed by atoms with E-state index in [1.54, 1.807) is 0 Å². The molecule has 0 bridgehead atoms. The van der Waals surface area contributed by atoms with Crippen molar-refractivity contribution in [3.05, 3.63) is 81.7 Å². The minimum Gasteiger partial charge on any atom is -0.491 e. The van der Waals surface area contributed by atoms with E-state index in [0.717, 1.165) is 48.6 Å². The Labute approximate surface area is 188 Å². The molecule has 0 atom stereocenters. The van der Waals surface area contributed by atoms with Gasteiger partial charge in [0.25, 0.3) is 0 Å². The molecule has 3 aromatic rings. The maximum absolute atomic E-state index is 13.0. The first kappa shape index (κ1) is 20.8. The van der Waals surface area contributed by atoms with Gasteiger partial charge in [0.2, 0.25) is 5.91 Å². The van der Waals surface area contributed by atoms with Gasteiger partial charge in [-0.3, -0.25) is 9.69 Å². The first-order valence-electron chi connectivity index (χ1n) is 11.3. The zero-order valence-electron chi connectivity index (χ0n) is 18.8. The fraction of sp³-hybridized carbons (Fsp3) is 0.385. The van der Waals surface area contributed by atoms with Gasteiger partial charge in [-0.05, 0) is 49.1 Å². The minimum absolute atomic E-state index is 0.0777. The average Bonchev–Trinajstić information content (AvgIpc) is 2.99. The van der Waals surface area contributed by atoms with E-state index in [9.17, 15) is 4.79 Å². The monoisotopic (exact) mass is 431 g/mol. The van der Waals surface area contributed by atoms with Gasteiger partial charge in [-0.15, -0.1) is 0 Å². The molecule has 0 unspecified atom stereocenters. The number of benzene rings is 2. The van der Waals surface area contributed by atoms with E-state index in [0.29, 0.717) is 31.9 Å². The van der Waals surface area contributed by atoms with Crippen LogP contribution in [0.2, 0.25) is 0 Å². The third-order valence-electron chi connectivity index (χ3n) is 6.58. The van der Waals surface area contributed by atoms with Gasteiger partial charge in [-0.1, -0.05) is 35.5 Å². The van der Waals surface area contributed by atoms with Gasteiger partial charge in [0, 0.05) is 37.3 Å². The lowest BCUT2D eigenvalue weighted by molar-refractivity contribution is -0.131. The third-order valence-corrected chi connectivity index (χ3v) is 6.58. The summed E-state index contributed by atoms with van der Waals surface area (Å²) in [6.45, 7) is 8.32. The van der Waals surface area contributed by atoms with Crippen LogP contribution < -0.4 is 4.74 Å². The molecule has 5 rings (SSSR count). The van der Waals surface area contributed by atoms with Crippen LogP contribution in [0.1, 0.15) is 39.3 Å². The Hall–Kier alpha value is -3.12. The first-order valence-corrected chi connectivity index (χ1v) is 11.3. The van der Waals surface area contributed by atoms with Crippen LogP contribution >= 0.6 is 0 Å². The number of rotatable bonds is 4. The second kappa shape index (κ2) is 8.79. The number of amides is 1. The van der Waals surface area contributed by atoms with E-state index < -0.39 is 0 Å². The average molecular weight is 432 g/mol. The molecule has 6 nitrogen and oxygen atoms in total. The Morgan fingerprint density at radius 1 is 1.03 bits per heavy atom. The van der Waals surface area contributed by atoms with Crippen LogP contribution in [0.15, 0.2) is 47.0 Å². The predicted molar refractivity (Wildman–Crippen MR) is 121 cm³/mol. The van der Waals surface area contributed by atoms with Crippen LogP contribution in [-0.2, 0) is 37.3 Å². The molecule has 0 N–H and O–H groups in total. The number of ether oxygens (including phenoxy) is 1. The molecule has 3 heterocycles. The molecule has 166 valence electrons. The quantitative estimate of drug-likeness (QED) is 0.629. The summed E-state index contributed by atoms with van der Waals surface area (Å²) >= 11 is 0. The number of carbonyl (C=O) groups is 1. The zero-order chi connectivity index (χ0) is 22.1. The van der Waals surface area contributed by atoms with E-state index >= 15 is 0 Å².